The molecule has 0 aromatic rings. The van der Waals surface area contributed by atoms with Gasteiger partial charge in [0.15, 0.2) is 0 Å². The number of nitrogens with one attached hydrogen (secondary N) is 1. The second kappa shape index (κ2) is 44.0. The molecule has 0 aromatic carbocycles. The van der Waals surface area contributed by atoms with E-state index in [1.165, 1.54) is 135 Å². The Morgan fingerprint density at radius 2 is 0.965 bits per heavy atom. The molecule has 0 fully saturated rings. The first-order chi connectivity index (χ1) is 27.9. The maximum atomic E-state index is 12.8. The Kier molecular flexibility index (Phi) is 42.8. The van der Waals surface area contributed by atoms with E-state index in [-0.39, 0.29) is 25.7 Å². The molecule has 0 saturated heterocycles. The Bertz CT molecular complexity index is 1030. The van der Waals surface area contributed by atoms with Crippen molar-refractivity contribution in [2.75, 3.05) is 19.8 Å². The van der Waals surface area contributed by atoms with Gasteiger partial charge in [0, 0.05) is 13.0 Å². The van der Waals surface area contributed by atoms with Gasteiger partial charge >= 0.3 is 7.82 Å². The summed E-state index contributed by atoms with van der Waals surface area (Å²) in [5, 5.41) is 13.7. The van der Waals surface area contributed by atoms with Crippen LogP contribution < -0.4 is 11.1 Å². The minimum Gasteiger partial charge on any atom is -0.387 e. The molecule has 334 valence electrons. The lowest BCUT2D eigenvalue weighted by atomic mass is 10.0. The molecular formula is C48H91N2O6P. The number of aliphatic hydroxyl groups is 1. The van der Waals surface area contributed by atoms with Crippen LogP contribution in [0.25, 0.3) is 0 Å². The van der Waals surface area contributed by atoms with Gasteiger partial charge in [0.25, 0.3) is 0 Å². The van der Waals surface area contributed by atoms with Crippen molar-refractivity contribution in [3.8, 4) is 0 Å². The van der Waals surface area contributed by atoms with Gasteiger partial charge in [-0.15, -0.1) is 0 Å². The molecule has 3 unspecified atom stereocenters. The van der Waals surface area contributed by atoms with Gasteiger partial charge in [-0.05, 0) is 57.8 Å². The summed E-state index contributed by atoms with van der Waals surface area (Å²) in [7, 11) is -4.35. The Hall–Kier alpha value is -1.54. The Labute approximate surface area is 352 Å². The molecule has 0 radical (unpaired) electrons. The number of rotatable bonds is 44. The molecule has 0 aliphatic rings. The van der Waals surface area contributed by atoms with Crippen LogP contribution in [-0.4, -0.2) is 47.8 Å². The molecule has 57 heavy (non-hydrogen) atoms. The van der Waals surface area contributed by atoms with Gasteiger partial charge in [0.05, 0.1) is 25.4 Å². The summed E-state index contributed by atoms with van der Waals surface area (Å²) in [5.41, 5.74) is 5.38. The van der Waals surface area contributed by atoms with Gasteiger partial charge in [0.2, 0.25) is 5.91 Å². The Morgan fingerprint density at radius 1 is 0.579 bits per heavy atom. The molecule has 5 N–H and O–H groups in total. The van der Waals surface area contributed by atoms with Crippen molar-refractivity contribution in [2.24, 2.45) is 5.73 Å². The van der Waals surface area contributed by atoms with E-state index < -0.39 is 20.0 Å². The van der Waals surface area contributed by atoms with E-state index in [4.69, 9.17) is 14.8 Å². The summed E-state index contributed by atoms with van der Waals surface area (Å²) in [4.78, 5) is 22.8. The van der Waals surface area contributed by atoms with E-state index in [0.717, 1.165) is 64.2 Å². The molecule has 1 amide bonds. The second-order valence-electron chi connectivity index (χ2n) is 16.0. The number of nitrogens with two attached hydrogens (primary N) is 1. The third-order valence-electron chi connectivity index (χ3n) is 10.4. The number of carbonyl (C=O) groups excluding carboxylic acids is 1. The Balaban J connectivity index is 4.20. The number of hydrogen-bond acceptors (Lipinski definition) is 6. The van der Waals surface area contributed by atoms with Crippen molar-refractivity contribution in [1.82, 2.24) is 5.32 Å². The first-order valence-electron chi connectivity index (χ1n) is 23.8. The van der Waals surface area contributed by atoms with Crippen molar-refractivity contribution >= 4 is 13.7 Å². The fraction of sp³-hybridized carbons (Fsp3) is 0.812. The quantitative estimate of drug-likeness (QED) is 0.0273. The smallest absolute Gasteiger partial charge is 0.387 e. The molecule has 0 rings (SSSR count). The summed E-state index contributed by atoms with van der Waals surface area (Å²) >= 11 is 0. The van der Waals surface area contributed by atoms with Crippen molar-refractivity contribution in [3.63, 3.8) is 0 Å². The lowest BCUT2D eigenvalue weighted by Gasteiger charge is -2.23. The van der Waals surface area contributed by atoms with Gasteiger partial charge in [-0.2, -0.15) is 0 Å². The van der Waals surface area contributed by atoms with Gasteiger partial charge < -0.3 is 21.1 Å². The van der Waals surface area contributed by atoms with Crippen LogP contribution in [0, 0.1) is 0 Å². The molecule has 3 atom stereocenters. The molecule has 0 aliphatic carbocycles. The second-order valence-corrected chi connectivity index (χ2v) is 17.4. The van der Waals surface area contributed by atoms with Crippen LogP contribution >= 0.6 is 7.82 Å². The van der Waals surface area contributed by atoms with E-state index in [0.29, 0.717) is 6.42 Å². The minimum atomic E-state index is -4.35. The lowest BCUT2D eigenvalue weighted by molar-refractivity contribution is -0.123. The number of unbranched alkanes of at least 4 members (excludes halogenated alkanes) is 26. The van der Waals surface area contributed by atoms with Crippen LogP contribution in [0.2, 0.25) is 0 Å². The standard InChI is InChI=1S/C48H91N2O6P/c1-3-5-7-9-11-13-15-17-19-21-22-23-24-26-28-30-32-34-36-38-40-42-48(52)50-46(45-56-57(53,54)55-44-43-49)47(51)41-39-37-35-33-31-29-27-25-20-18-16-14-12-10-8-6-4-2/h15,17,21-22,24,26,39,41,46-47,51H,3-14,16,18-20,23,25,27-38,40,42-45,49H2,1-2H3,(H,50,52)(H,53,54)/b17-15-,22-21-,26-24-,41-39+. The molecule has 8 nitrogen and oxygen atoms in total. The van der Waals surface area contributed by atoms with E-state index in [1.54, 1.807) is 6.08 Å². The number of amides is 1. The van der Waals surface area contributed by atoms with Gasteiger partial charge in [-0.3, -0.25) is 13.8 Å². The van der Waals surface area contributed by atoms with Crippen molar-refractivity contribution in [2.45, 2.75) is 231 Å². The fourth-order valence-corrected chi connectivity index (χ4v) is 7.55. The SMILES string of the molecule is CCCCCCC/C=C\C/C=C\C/C=C\CCCCCCCCC(=O)NC(COP(=O)(O)OCCN)C(O)/C=C/CCCCCCCCCCCCCCCCC. The highest BCUT2D eigenvalue weighted by Gasteiger charge is 2.26. The zero-order valence-electron chi connectivity index (χ0n) is 37.1. The van der Waals surface area contributed by atoms with Crippen molar-refractivity contribution in [1.29, 1.82) is 0 Å². The summed E-state index contributed by atoms with van der Waals surface area (Å²) in [5.74, 6) is -0.206. The highest BCUT2D eigenvalue weighted by atomic mass is 31.2. The number of phosphoric ester groups is 1. The fourth-order valence-electron chi connectivity index (χ4n) is 6.79. The summed E-state index contributed by atoms with van der Waals surface area (Å²) in [6, 6.07) is -0.868. The summed E-state index contributed by atoms with van der Waals surface area (Å²) in [6.07, 6.45) is 54.4. The van der Waals surface area contributed by atoms with Crippen molar-refractivity contribution < 1.29 is 28.4 Å². The van der Waals surface area contributed by atoms with Crippen LogP contribution in [0.15, 0.2) is 48.6 Å². The van der Waals surface area contributed by atoms with Crippen molar-refractivity contribution in [3.05, 3.63) is 48.6 Å². The predicted molar refractivity (Wildman–Crippen MR) is 244 cm³/mol. The molecule has 0 aliphatic heterocycles. The van der Waals surface area contributed by atoms with E-state index in [2.05, 4.69) is 55.6 Å². The molecule has 0 heterocycles. The summed E-state index contributed by atoms with van der Waals surface area (Å²) in [6.45, 7) is 4.12. The number of carbonyl (C=O) groups is 1. The van der Waals surface area contributed by atoms with Gasteiger partial charge in [0.1, 0.15) is 0 Å². The third-order valence-corrected chi connectivity index (χ3v) is 11.4. The Morgan fingerprint density at radius 3 is 1.40 bits per heavy atom. The zero-order chi connectivity index (χ0) is 41.8. The minimum absolute atomic E-state index is 0.0748. The first kappa shape index (κ1) is 55.5. The van der Waals surface area contributed by atoms with E-state index >= 15 is 0 Å². The number of aliphatic hydroxyl groups excluding tert-OH is 1. The highest BCUT2D eigenvalue weighted by Crippen LogP contribution is 2.43. The average molecular weight is 823 g/mol. The molecular weight excluding hydrogens is 732 g/mol. The molecule has 0 bridgehead atoms. The molecule has 9 heteroatoms. The number of allylic oxidation sites excluding steroid dienone is 7. The lowest BCUT2D eigenvalue weighted by Crippen LogP contribution is -2.45. The highest BCUT2D eigenvalue weighted by molar-refractivity contribution is 7.47. The maximum Gasteiger partial charge on any atom is 0.472 e. The largest absolute Gasteiger partial charge is 0.472 e. The zero-order valence-corrected chi connectivity index (χ0v) is 38.0. The first-order valence-corrected chi connectivity index (χ1v) is 25.3. The van der Waals surface area contributed by atoms with Crippen LogP contribution in [-0.2, 0) is 18.4 Å². The molecule has 0 saturated carbocycles. The predicted octanol–water partition coefficient (Wildman–Crippen LogP) is 13.7. The third kappa shape index (κ3) is 42.4. The molecule has 0 aromatic heterocycles. The topological polar surface area (TPSA) is 131 Å². The van der Waals surface area contributed by atoms with Gasteiger partial charge in [-0.25, -0.2) is 4.57 Å². The maximum absolute atomic E-state index is 12.8. The van der Waals surface area contributed by atoms with E-state index in [9.17, 15) is 19.4 Å². The van der Waals surface area contributed by atoms with Crippen LogP contribution in [0.5, 0.6) is 0 Å². The van der Waals surface area contributed by atoms with Crippen LogP contribution in [0.4, 0.5) is 0 Å². The average Bonchev–Trinajstić information content (AvgIpc) is 3.20. The number of hydrogen-bond donors (Lipinski definition) is 4. The normalized spacial score (nSPS) is 14.4. The number of phosphoric acid groups is 1. The van der Waals surface area contributed by atoms with Crippen LogP contribution in [0.1, 0.15) is 219 Å². The summed E-state index contributed by atoms with van der Waals surface area (Å²) < 4.78 is 22.2. The molecule has 0 spiro atoms. The van der Waals surface area contributed by atoms with Crippen LogP contribution in [0.3, 0.4) is 0 Å². The van der Waals surface area contributed by atoms with E-state index in [1.807, 2.05) is 6.08 Å². The monoisotopic (exact) mass is 823 g/mol. The van der Waals surface area contributed by atoms with Gasteiger partial charge in [-0.1, -0.05) is 204 Å².